The summed E-state index contributed by atoms with van der Waals surface area (Å²) in [5.41, 5.74) is 0.443. The molecule has 0 amide bonds. The number of hydrogen-bond acceptors (Lipinski definition) is 2. The van der Waals surface area contributed by atoms with Crippen molar-refractivity contribution < 1.29 is 19.4 Å². The summed E-state index contributed by atoms with van der Waals surface area (Å²) >= 11 is 2.94. The van der Waals surface area contributed by atoms with Crippen LogP contribution < -0.4 is 0 Å². The molecule has 0 aliphatic carbocycles. The summed E-state index contributed by atoms with van der Waals surface area (Å²) in [7, 11) is 0. The largest absolute Gasteiger partial charge is 0.479 e. The Morgan fingerprint density at radius 2 is 2.14 bits per heavy atom. The molecule has 0 heterocycles. The average Bonchev–Trinajstić information content (AvgIpc) is 2.09. The Balaban J connectivity index is 3.26. The van der Waals surface area contributed by atoms with E-state index in [0.29, 0.717) is 5.56 Å². The summed E-state index contributed by atoms with van der Waals surface area (Å²) in [6.45, 7) is 1.68. The first-order chi connectivity index (χ1) is 6.43. The number of carboxylic acid groups (broad SMARTS) is 1. The summed E-state index contributed by atoms with van der Waals surface area (Å²) in [5.74, 6) is -2.22. The molecule has 1 aromatic carbocycles. The maximum atomic E-state index is 13.3. The topological polar surface area (TPSA) is 57.5 Å². The van der Waals surface area contributed by atoms with Crippen LogP contribution >= 0.6 is 15.9 Å². The fraction of sp³-hybridized carbons (Fsp3) is 0.222. The van der Waals surface area contributed by atoms with Gasteiger partial charge in [-0.05, 0) is 40.5 Å². The number of carboxylic acids is 1. The maximum absolute atomic E-state index is 13.3. The van der Waals surface area contributed by atoms with Crippen molar-refractivity contribution in [1.82, 2.24) is 0 Å². The Labute approximate surface area is 88.3 Å². The molecule has 76 valence electrons. The third-order valence-electron chi connectivity index (χ3n) is 1.73. The summed E-state index contributed by atoms with van der Waals surface area (Å²) in [4.78, 5) is 10.4. The third kappa shape index (κ3) is 2.10. The first-order valence-electron chi connectivity index (χ1n) is 3.80. The minimum atomic E-state index is -1.83. The predicted molar refractivity (Wildman–Crippen MR) is 51.4 cm³/mol. The Hall–Kier alpha value is -0.940. The lowest BCUT2D eigenvalue weighted by Crippen LogP contribution is -2.12. The number of aliphatic carboxylic acids is 1. The normalized spacial score (nSPS) is 12.6. The van der Waals surface area contributed by atoms with Gasteiger partial charge in [-0.2, -0.15) is 0 Å². The molecule has 5 heteroatoms. The van der Waals surface area contributed by atoms with Gasteiger partial charge >= 0.3 is 5.97 Å². The lowest BCUT2D eigenvalue weighted by atomic mass is 10.1. The summed E-state index contributed by atoms with van der Waals surface area (Å²) in [5, 5.41) is 17.7. The molecule has 0 radical (unpaired) electrons. The van der Waals surface area contributed by atoms with E-state index in [1.54, 1.807) is 6.92 Å². The highest BCUT2D eigenvalue weighted by Gasteiger charge is 2.21. The van der Waals surface area contributed by atoms with E-state index in [0.717, 1.165) is 0 Å². The number of hydrogen-bond donors (Lipinski definition) is 2. The number of halogens is 2. The monoisotopic (exact) mass is 262 g/mol. The number of rotatable bonds is 2. The second-order valence-corrected chi connectivity index (χ2v) is 3.75. The standard InChI is InChI=1S/C9H8BrFO3/c1-4-2-5(8(12)9(13)14)7(11)6(10)3-4/h2-3,8,12H,1H3,(H,13,14). The summed E-state index contributed by atoms with van der Waals surface area (Å²) in [6, 6.07) is 2.81. The van der Waals surface area contributed by atoms with Crippen LogP contribution in [-0.4, -0.2) is 16.2 Å². The van der Waals surface area contributed by atoms with Crippen molar-refractivity contribution >= 4 is 21.9 Å². The molecule has 0 fully saturated rings. The Kier molecular flexibility index (Phi) is 3.23. The van der Waals surface area contributed by atoms with E-state index in [-0.39, 0.29) is 10.0 Å². The molecule has 1 unspecified atom stereocenters. The van der Waals surface area contributed by atoms with Crippen LogP contribution in [-0.2, 0) is 4.79 Å². The van der Waals surface area contributed by atoms with Crippen LogP contribution in [0.3, 0.4) is 0 Å². The zero-order valence-electron chi connectivity index (χ0n) is 7.29. The molecule has 0 aliphatic heterocycles. The Bertz CT molecular complexity index is 379. The van der Waals surface area contributed by atoms with Crippen molar-refractivity contribution in [2.24, 2.45) is 0 Å². The first-order valence-corrected chi connectivity index (χ1v) is 4.59. The summed E-state index contributed by atoms with van der Waals surface area (Å²) < 4.78 is 13.5. The molecule has 0 spiro atoms. The van der Waals surface area contributed by atoms with Crippen molar-refractivity contribution in [3.63, 3.8) is 0 Å². The molecular weight excluding hydrogens is 255 g/mol. The van der Waals surface area contributed by atoms with E-state index in [1.807, 2.05) is 0 Å². The van der Waals surface area contributed by atoms with Gasteiger partial charge in [0.05, 0.1) is 4.47 Å². The first kappa shape index (κ1) is 11.1. The highest BCUT2D eigenvalue weighted by Crippen LogP contribution is 2.25. The number of aliphatic hydroxyl groups is 1. The summed E-state index contributed by atoms with van der Waals surface area (Å²) in [6.07, 6.45) is -1.83. The van der Waals surface area contributed by atoms with Gasteiger partial charge in [0.2, 0.25) is 0 Å². The molecule has 1 rings (SSSR count). The molecule has 1 atom stereocenters. The van der Waals surface area contributed by atoms with Crippen LogP contribution in [0.15, 0.2) is 16.6 Å². The number of aryl methyl sites for hydroxylation is 1. The Morgan fingerprint density at radius 3 is 2.64 bits per heavy atom. The van der Waals surface area contributed by atoms with Crippen LogP contribution in [0.4, 0.5) is 4.39 Å². The SMILES string of the molecule is Cc1cc(Br)c(F)c(C(O)C(=O)O)c1. The van der Waals surface area contributed by atoms with E-state index in [9.17, 15) is 9.18 Å². The van der Waals surface area contributed by atoms with Crippen LogP contribution in [0.25, 0.3) is 0 Å². The van der Waals surface area contributed by atoms with Gasteiger partial charge in [0, 0.05) is 5.56 Å². The van der Waals surface area contributed by atoms with E-state index in [4.69, 9.17) is 10.2 Å². The number of benzene rings is 1. The second-order valence-electron chi connectivity index (χ2n) is 2.89. The molecule has 2 N–H and O–H groups in total. The van der Waals surface area contributed by atoms with Crippen molar-refractivity contribution in [2.45, 2.75) is 13.0 Å². The lowest BCUT2D eigenvalue weighted by Gasteiger charge is -2.09. The minimum absolute atomic E-state index is 0.146. The molecular formula is C9H8BrFO3. The molecule has 0 aromatic heterocycles. The van der Waals surface area contributed by atoms with E-state index < -0.39 is 17.9 Å². The zero-order valence-corrected chi connectivity index (χ0v) is 8.88. The van der Waals surface area contributed by atoms with Crippen LogP contribution in [0.5, 0.6) is 0 Å². The third-order valence-corrected chi connectivity index (χ3v) is 2.31. The highest BCUT2D eigenvalue weighted by atomic mass is 79.9. The highest BCUT2D eigenvalue weighted by molar-refractivity contribution is 9.10. The molecule has 0 bridgehead atoms. The molecule has 0 aliphatic rings. The van der Waals surface area contributed by atoms with Crippen LogP contribution in [0, 0.1) is 12.7 Å². The Morgan fingerprint density at radius 1 is 1.57 bits per heavy atom. The minimum Gasteiger partial charge on any atom is -0.479 e. The quantitative estimate of drug-likeness (QED) is 0.858. The fourth-order valence-electron chi connectivity index (χ4n) is 1.08. The van der Waals surface area contributed by atoms with Gasteiger partial charge in [-0.1, -0.05) is 0 Å². The van der Waals surface area contributed by atoms with E-state index >= 15 is 0 Å². The molecule has 0 saturated carbocycles. The second kappa shape index (κ2) is 4.06. The number of aliphatic hydroxyl groups excluding tert-OH is 1. The van der Waals surface area contributed by atoms with Crippen molar-refractivity contribution in [3.05, 3.63) is 33.5 Å². The maximum Gasteiger partial charge on any atom is 0.337 e. The molecule has 3 nitrogen and oxygen atoms in total. The number of carbonyl (C=O) groups is 1. The van der Waals surface area contributed by atoms with Crippen molar-refractivity contribution in [3.8, 4) is 0 Å². The van der Waals surface area contributed by atoms with Gasteiger partial charge in [-0.15, -0.1) is 0 Å². The predicted octanol–water partition coefficient (Wildman–Crippen LogP) is 2.01. The van der Waals surface area contributed by atoms with Gasteiger partial charge in [0.1, 0.15) is 5.82 Å². The van der Waals surface area contributed by atoms with Crippen LogP contribution in [0.1, 0.15) is 17.2 Å². The fourth-order valence-corrected chi connectivity index (χ4v) is 1.67. The molecule has 0 saturated heterocycles. The average molecular weight is 263 g/mol. The van der Waals surface area contributed by atoms with Gasteiger partial charge in [0.15, 0.2) is 6.10 Å². The molecule has 14 heavy (non-hydrogen) atoms. The zero-order chi connectivity index (χ0) is 10.9. The van der Waals surface area contributed by atoms with E-state index in [2.05, 4.69) is 15.9 Å². The van der Waals surface area contributed by atoms with Crippen LogP contribution in [0.2, 0.25) is 0 Å². The van der Waals surface area contributed by atoms with Gasteiger partial charge in [-0.25, -0.2) is 9.18 Å². The lowest BCUT2D eigenvalue weighted by molar-refractivity contribution is -0.147. The van der Waals surface area contributed by atoms with E-state index in [1.165, 1.54) is 12.1 Å². The van der Waals surface area contributed by atoms with Crippen molar-refractivity contribution in [2.75, 3.05) is 0 Å². The van der Waals surface area contributed by atoms with Gasteiger partial charge in [-0.3, -0.25) is 0 Å². The smallest absolute Gasteiger partial charge is 0.337 e. The van der Waals surface area contributed by atoms with Gasteiger partial charge < -0.3 is 10.2 Å². The van der Waals surface area contributed by atoms with Gasteiger partial charge in [0.25, 0.3) is 0 Å². The molecule has 1 aromatic rings. The van der Waals surface area contributed by atoms with Crippen molar-refractivity contribution in [1.29, 1.82) is 0 Å².